The van der Waals surface area contributed by atoms with E-state index in [2.05, 4.69) is 5.32 Å². The molecule has 1 aliphatic heterocycles. The van der Waals surface area contributed by atoms with E-state index in [9.17, 15) is 19.2 Å². The number of hydrogen-bond donors (Lipinski definition) is 1. The molecule has 156 valence electrons. The molecule has 0 spiro atoms. The van der Waals surface area contributed by atoms with Crippen LogP contribution in [0.1, 0.15) is 40.1 Å². The van der Waals surface area contributed by atoms with Gasteiger partial charge in [0.2, 0.25) is 0 Å². The number of carbonyl (C=O) groups is 4. The van der Waals surface area contributed by atoms with Crippen LogP contribution in [0, 0.1) is 12.8 Å². The highest BCUT2D eigenvalue weighted by Crippen LogP contribution is 2.27. The molecule has 0 aliphatic carbocycles. The second-order valence-corrected chi connectivity index (χ2v) is 7.74. The molecule has 3 amide bonds. The Bertz CT molecular complexity index is 999. The Kier molecular flexibility index (Phi) is 6.22. The summed E-state index contributed by atoms with van der Waals surface area (Å²) in [6, 6.07) is 10.3. The highest BCUT2D eigenvalue weighted by molar-refractivity contribution is 6.31. The molecule has 7 nitrogen and oxygen atoms in total. The van der Waals surface area contributed by atoms with E-state index in [-0.39, 0.29) is 11.1 Å². The molecule has 0 radical (unpaired) electrons. The number of anilines is 1. The summed E-state index contributed by atoms with van der Waals surface area (Å²) < 4.78 is 5.13. The maximum absolute atomic E-state index is 12.7. The molecular weight excluding hydrogens is 408 g/mol. The lowest BCUT2D eigenvalue weighted by Crippen LogP contribution is -2.49. The van der Waals surface area contributed by atoms with Gasteiger partial charge in [-0.15, -0.1) is 0 Å². The fourth-order valence-electron chi connectivity index (χ4n) is 3.23. The van der Waals surface area contributed by atoms with E-state index >= 15 is 0 Å². The first kappa shape index (κ1) is 21.5. The van der Waals surface area contributed by atoms with Crippen LogP contribution < -0.4 is 5.32 Å². The molecule has 0 aromatic heterocycles. The predicted octanol–water partition coefficient (Wildman–Crippen LogP) is 3.45. The van der Waals surface area contributed by atoms with Crippen LogP contribution in [0.2, 0.25) is 5.02 Å². The molecule has 1 unspecified atom stereocenters. The quantitative estimate of drug-likeness (QED) is 0.562. The Morgan fingerprint density at radius 1 is 1.07 bits per heavy atom. The fraction of sp³-hybridized carbons (Fsp3) is 0.273. The maximum atomic E-state index is 12.7. The summed E-state index contributed by atoms with van der Waals surface area (Å²) in [6.45, 7) is 4.67. The van der Waals surface area contributed by atoms with Gasteiger partial charge in [0.05, 0.1) is 11.1 Å². The molecular formula is C22H21ClN2O5. The Hall–Kier alpha value is -3.19. The molecule has 0 saturated carbocycles. The second kappa shape index (κ2) is 8.67. The summed E-state index contributed by atoms with van der Waals surface area (Å²) in [7, 11) is 0. The van der Waals surface area contributed by atoms with Gasteiger partial charge in [0.15, 0.2) is 6.61 Å². The maximum Gasteiger partial charge on any atom is 0.330 e. The minimum atomic E-state index is -1.14. The third-order valence-electron chi connectivity index (χ3n) is 4.78. The average Bonchev–Trinajstić information content (AvgIpc) is 2.95. The van der Waals surface area contributed by atoms with Gasteiger partial charge in [-0.1, -0.05) is 43.6 Å². The number of halogens is 1. The van der Waals surface area contributed by atoms with Gasteiger partial charge < -0.3 is 10.1 Å². The Morgan fingerprint density at radius 3 is 2.20 bits per heavy atom. The molecule has 3 rings (SSSR count). The van der Waals surface area contributed by atoms with E-state index in [0.29, 0.717) is 10.7 Å². The smallest absolute Gasteiger partial charge is 0.330 e. The van der Waals surface area contributed by atoms with E-state index in [4.69, 9.17) is 16.3 Å². The van der Waals surface area contributed by atoms with Crippen molar-refractivity contribution in [1.29, 1.82) is 0 Å². The van der Waals surface area contributed by atoms with Gasteiger partial charge in [-0.2, -0.15) is 0 Å². The van der Waals surface area contributed by atoms with E-state index in [1.165, 1.54) is 0 Å². The fourth-order valence-corrected chi connectivity index (χ4v) is 3.41. The van der Waals surface area contributed by atoms with Gasteiger partial charge in [-0.05, 0) is 42.7 Å². The molecule has 1 heterocycles. The van der Waals surface area contributed by atoms with Crippen molar-refractivity contribution in [3.05, 3.63) is 64.2 Å². The van der Waals surface area contributed by atoms with Crippen molar-refractivity contribution >= 4 is 41.0 Å². The van der Waals surface area contributed by atoms with E-state index < -0.39 is 42.3 Å². The number of carbonyl (C=O) groups excluding carboxylic acids is 4. The van der Waals surface area contributed by atoms with Crippen LogP contribution in [0.3, 0.4) is 0 Å². The molecule has 8 heteroatoms. The van der Waals surface area contributed by atoms with Crippen LogP contribution in [-0.2, 0) is 14.3 Å². The van der Waals surface area contributed by atoms with Crippen LogP contribution in [0.4, 0.5) is 5.69 Å². The van der Waals surface area contributed by atoms with Crippen LogP contribution in [0.15, 0.2) is 42.5 Å². The molecule has 1 N–H and O–H groups in total. The molecule has 0 bridgehead atoms. The van der Waals surface area contributed by atoms with Crippen LogP contribution in [0.5, 0.6) is 0 Å². The lowest BCUT2D eigenvalue weighted by molar-refractivity contribution is -0.152. The molecule has 1 atom stereocenters. The standard InChI is InChI=1S/C22H21ClN2O5/c1-12(2)19(25-20(27)15-6-4-5-7-16(15)21(25)28)22(29)30-11-18(26)24-14-9-8-13(3)17(23)10-14/h4-10,12,19H,11H2,1-3H3,(H,24,26). The monoisotopic (exact) mass is 428 g/mol. The van der Waals surface area contributed by atoms with Crippen LogP contribution in [-0.4, -0.2) is 41.2 Å². The zero-order chi connectivity index (χ0) is 22.0. The lowest BCUT2D eigenvalue weighted by atomic mass is 10.0. The van der Waals surface area contributed by atoms with Crippen molar-refractivity contribution < 1.29 is 23.9 Å². The number of fused-ring (bicyclic) bond motifs is 1. The van der Waals surface area contributed by atoms with Crippen molar-refractivity contribution in [1.82, 2.24) is 4.90 Å². The first-order valence-corrected chi connectivity index (χ1v) is 9.78. The molecule has 1 aliphatic rings. The molecule has 0 fully saturated rings. The van der Waals surface area contributed by atoms with Crippen molar-refractivity contribution in [2.24, 2.45) is 5.92 Å². The van der Waals surface area contributed by atoms with Crippen molar-refractivity contribution in [3.63, 3.8) is 0 Å². The number of amides is 3. The first-order chi connectivity index (χ1) is 14.2. The van der Waals surface area contributed by atoms with Crippen molar-refractivity contribution in [3.8, 4) is 0 Å². The van der Waals surface area contributed by atoms with Gasteiger partial charge in [-0.25, -0.2) is 4.79 Å². The van der Waals surface area contributed by atoms with Gasteiger partial charge in [0.1, 0.15) is 6.04 Å². The third kappa shape index (κ3) is 4.21. The van der Waals surface area contributed by atoms with Crippen molar-refractivity contribution in [2.75, 3.05) is 11.9 Å². The predicted molar refractivity (Wildman–Crippen MR) is 111 cm³/mol. The zero-order valence-corrected chi connectivity index (χ0v) is 17.5. The average molecular weight is 429 g/mol. The van der Waals surface area contributed by atoms with Crippen molar-refractivity contribution in [2.45, 2.75) is 26.8 Å². The summed E-state index contributed by atoms with van der Waals surface area (Å²) >= 11 is 6.03. The Balaban J connectivity index is 1.68. The second-order valence-electron chi connectivity index (χ2n) is 7.33. The molecule has 2 aromatic rings. The number of aryl methyl sites for hydroxylation is 1. The molecule has 0 saturated heterocycles. The van der Waals surface area contributed by atoms with E-state index in [1.54, 1.807) is 56.3 Å². The number of benzene rings is 2. The Morgan fingerprint density at radius 2 is 1.67 bits per heavy atom. The van der Waals surface area contributed by atoms with E-state index in [0.717, 1.165) is 10.5 Å². The number of nitrogens with one attached hydrogen (secondary N) is 1. The summed E-state index contributed by atoms with van der Waals surface area (Å²) in [4.78, 5) is 51.2. The number of nitrogens with zero attached hydrogens (tertiary/aromatic N) is 1. The number of ether oxygens (including phenoxy) is 1. The highest BCUT2D eigenvalue weighted by atomic mass is 35.5. The minimum Gasteiger partial charge on any atom is -0.454 e. The number of esters is 1. The van der Waals surface area contributed by atoms with Gasteiger partial charge in [-0.3, -0.25) is 19.3 Å². The van der Waals surface area contributed by atoms with Crippen LogP contribution in [0.25, 0.3) is 0 Å². The minimum absolute atomic E-state index is 0.245. The number of rotatable bonds is 6. The largest absolute Gasteiger partial charge is 0.454 e. The summed E-state index contributed by atoms with van der Waals surface area (Å²) in [6.07, 6.45) is 0. The van der Waals surface area contributed by atoms with Crippen LogP contribution >= 0.6 is 11.6 Å². The summed E-state index contributed by atoms with van der Waals surface area (Å²) in [5, 5.41) is 3.08. The van der Waals surface area contributed by atoms with Gasteiger partial charge >= 0.3 is 5.97 Å². The van der Waals surface area contributed by atoms with Gasteiger partial charge in [0, 0.05) is 10.7 Å². The zero-order valence-electron chi connectivity index (χ0n) is 16.8. The first-order valence-electron chi connectivity index (χ1n) is 9.40. The highest BCUT2D eigenvalue weighted by Gasteiger charge is 2.44. The topological polar surface area (TPSA) is 92.8 Å². The molecule has 2 aromatic carbocycles. The van der Waals surface area contributed by atoms with Gasteiger partial charge in [0.25, 0.3) is 17.7 Å². The summed E-state index contributed by atoms with van der Waals surface area (Å²) in [5.41, 5.74) is 1.82. The number of hydrogen-bond acceptors (Lipinski definition) is 5. The Labute approximate surface area is 179 Å². The molecule has 30 heavy (non-hydrogen) atoms. The lowest BCUT2D eigenvalue weighted by Gasteiger charge is -2.27. The number of imide groups is 1. The third-order valence-corrected chi connectivity index (χ3v) is 5.18. The van der Waals surface area contributed by atoms with E-state index in [1.807, 2.05) is 6.92 Å². The SMILES string of the molecule is Cc1ccc(NC(=O)COC(=O)C(C(C)C)N2C(=O)c3ccccc3C2=O)cc1Cl. The summed E-state index contributed by atoms with van der Waals surface area (Å²) in [5.74, 6) is -2.89. The normalized spacial score (nSPS) is 14.0.